The second kappa shape index (κ2) is 8.72. The molecule has 1 aliphatic heterocycles. The van der Waals surface area contributed by atoms with E-state index in [-0.39, 0.29) is 58.4 Å². The van der Waals surface area contributed by atoms with Gasteiger partial charge in [0.2, 0.25) is 11.8 Å². The molecule has 3 aliphatic carbocycles. The molecule has 1 aromatic carbocycles. The number of rotatable bonds is 3. The number of hydrogen-bond donors (Lipinski definition) is 1. The second-order valence-electron chi connectivity index (χ2n) is 9.47. The minimum absolute atomic E-state index is 0.0608. The summed E-state index contributed by atoms with van der Waals surface area (Å²) in [6, 6.07) is 2.76. The molecule has 1 fully saturated rings. The first kappa shape index (κ1) is 24.5. The zero-order chi connectivity index (χ0) is 26.8. The van der Waals surface area contributed by atoms with Gasteiger partial charge in [-0.3, -0.25) is 19.2 Å². The van der Waals surface area contributed by atoms with Crippen LogP contribution in [0.2, 0.25) is 0 Å². The molecule has 4 aliphatic rings. The van der Waals surface area contributed by atoms with Gasteiger partial charge in [0.05, 0.1) is 33.2 Å². The molecule has 4 unspecified atom stereocenters. The third-order valence-corrected chi connectivity index (χ3v) is 7.74. The van der Waals surface area contributed by atoms with Gasteiger partial charge >= 0.3 is 6.09 Å². The number of fused-ring (bicyclic) bond motifs is 3. The molecule has 192 valence electrons. The number of carbonyl (C=O) groups excluding carboxylic acids is 5. The van der Waals surface area contributed by atoms with Crippen LogP contribution in [0.25, 0.3) is 0 Å². The minimum atomic E-state index is -1.05. The van der Waals surface area contributed by atoms with Gasteiger partial charge in [-0.15, -0.1) is 0 Å². The SMILES string of the molecule is COC(=O)N1C(=O)C2CC=C3C(c4c(OC)cc(O)cc4OC)C4=C(CC3C2C1=O)C(=O)C(C)=CC4=O. The van der Waals surface area contributed by atoms with E-state index in [1.165, 1.54) is 32.4 Å². The van der Waals surface area contributed by atoms with E-state index in [1.807, 2.05) is 0 Å². The normalized spacial score (nSPS) is 26.8. The number of likely N-dealkylation sites (tertiary alicyclic amines) is 1. The molecule has 0 saturated carbocycles. The zero-order valence-electron chi connectivity index (χ0n) is 20.7. The van der Waals surface area contributed by atoms with Gasteiger partial charge < -0.3 is 19.3 Å². The van der Waals surface area contributed by atoms with Crippen molar-refractivity contribution >= 4 is 29.5 Å². The fraction of sp³-hybridized carbons (Fsp3) is 0.370. The standard InChI is InChI=1S/C27H25NO9/c1-11-7-17(30)21-16(24(11)31)10-15-13(22(21)23-18(35-2)8-12(29)9-19(23)36-3)5-6-14-20(15)26(33)28(25(14)32)27(34)37-4/h5,7-9,14-15,20,22,29H,6,10H2,1-4H3. The number of allylic oxidation sites excluding steroid dienone is 6. The molecule has 0 bridgehead atoms. The Hall–Kier alpha value is -4.21. The molecule has 4 atom stereocenters. The maximum Gasteiger partial charge on any atom is 0.423 e. The number of benzene rings is 1. The number of aromatic hydroxyl groups is 1. The Morgan fingerprint density at radius 2 is 1.65 bits per heavy atom. The van der Waals surface area contributed by atoms with Crippen molar-refractivity contribution in [3.05, 3.63) is 52.1 Å². The molecule has 10 nitrogen and oxygen atoms in total. The summed E-state index contributed by atoms with van der Waals surface area (Å²) in [4.78, 5) is 66.0. The van der Waals surface area contributed by atoms with Crippen LogP contribution in [-0.4, -0.2) is 60.8 Å². The smallest absolute Gasteiger partial charge is 0.423 e. The minimum Gasteiger partial charge on any atom is -0.508 e. The predicted octanol–water partition coefficient (Wildman–Crippen LogP) is 2.61. The van der Waals surface area contributed by atoms with Gasteiger partial charge in [0.1, 0.15) is 17.2 Å². The first-order chi connectivity index (χ1) is 17.6. The van der Waals surface area contributed by atoms with Gasteiger partial charge in [0.25, 0.3) is 0 Å². The molecule has 1 aromatic rings. The molecule has 5 rings (SSSR count). The molecule has 0 spiro atoms. The Labute approximate surface area is 212 Å². The van der Waals surface area contributed by atoms with Crippen LogP contribution < -0.4 is 9.47 Å². The van der Waals surface area contributed by atoms with Gasteiger partial charge in [-0.2, -0.15) is 4.90 Å². The summed E-state index contributed by atoms with van der Waals surface area (Å²) in [5, 5.41) is 10.2. The lowest BCUT2D eigenvalue weighted by atomic mass is 9.59. The monoisotopic (exact) mass is 507 g/mol. The molecular formula is C27H25NO9. The van der Waals surface area contributed by atoms with Crippen LogP contribution in [0.3, 0.4) is 0 Å². The highest BCUT2D eigenvalue weighted by atomic mass is 16.5. The van der Waals surface area contributed by atoms with E-state index in [9.17, 15) is 29.1 Å². The number of phenols is 1. The number of ketones is 2. The average Bonchev–Trinajstić information content (AvgIpc) is 3.14. The number of Topliss-reactive ketones (excluding diaryl/α,β-unsaturated/α-hetero) is 1. The Balaban J connectivity index is 1.75. The summed E-state index contributed by atoms with van der Waals surface area (Å²) in [6.45, 7) is 1.55. The maximum absolute atomic E-state index is 13.4. The fourth-order valence-corrected chi connectivity index (χ4v) is 6.19. The Kier molecular flexibility index (Phi) is 5.77. The number of phenolic OH excluding ortho intramolecular Hbond substituents is 1. The first-order valence-electron chi connectivity index (χ1n) is 11.7. The van der Waals surface area contributed by atoms with Crippen LogP contribution in [0, 0.1) is 17.8 Å². The Morgan fingerprint density at radius 3 is 2.24 bits per heavy atom. The van der Waals surface area contributed by atoms with E-state index in [2.05, 4.69) is 4.74 Å². The maximum atomic E-state index is 13.4. The molecule has 0 aromatic heterocycles. The summed E-state index contributed by atoms with van der Waals surface area (Å²) in [6.07, 6.45) is 2.27. The highest BCUT2D eigenvalue weighted by Crippen LogP contribution is 2.57. The van der Waals surface area contributed by atoms with Crippen LogP contribution in [0.15, 0.2) is 46.6 Å². The molecular weight excluding hydrogens is 482 g/mol. The largest absolute Gasteiger partial charge is 0.508 e. The van der Waals surface area contributed by atoms with Gasteiger partial charge in [0, 0.05) is 40.3 Å². The van der Waals surface area contributed by atoms with E-state index >= 15 is 0 Å². The molecule has 37 heavy (non-hydrogen) atoms. The van der Waals surface area contributed by atoms with Crippen molar-refractivity contribution < 1.29 is 43.3 Å². The van der Waals surface area contributed by atoms with Gasteiger partial charge in [0.15, 0.2) is 11.6 Å². The van der Waals surface area contributed by atoms with E-state index in [4.69, 9.17) is 9.47 Å². The van der Waals surface area contributed by atoms with Crippen molar-refractivity contribution in [2.45, 2.75) is 25.7 Å². The molecule has 0 radical (unpaired) electrons. The predicted molar refractivity (Wildman–Crippen MR) is 127 cm³/mol. The number of imide groups is 3. The van der Waals surface area contributed by atoms with Gasteiger partial charge in [-0.1, -0.05) is 11.6 Å². The topological polar surface area (TPSA) is 137 Å². The molecule has 3 amide bonds. The van der Waals surface area contributed by atoms with Crippen LogP contribution in [0.5, 0.6) is 17.2 Å². The summed E-state index contributed by atoms with van der Waals surface area (Å²) < 4.78 is 15.8. The van der Waals surface area contributed by atoms with Crippen LogP contribution in [0.4, 0.5) is 4.79 Å². The summed E-state index contributed by atoms with van der Waals surface area (Å²) in [7, 11) is 3.90. The van der Waals surface area contributed by atoms with Gasteiger partial charge in [-0.05, 0) is 31.8 Å². The van der Waals surface area contributed by atoms with E-state index in [0.29, 0.717) is 16.0 Å². The number of nitrogens with zero attached hydrogens (tertiary/aromatic N) is 1. The molecule has 1 saturated heterocycles. The molecule has 1 N–H and O–H groups in total. The third kappa shape index (κ3) is 3.42. The zero-order valence-corrected chi connectivity index (χ0v) is 20.7. The third-order valence-electron chi connectivity index (χ3n) is 7.74. The second-order valence-corrected chi connectivity index (χ2v) is 9.47. The summed E-state index contributed by atoms with van der Waals surface area (Å²) in [5.41, 5.74) is 1.86. The lowest BCUT2D eigenvalue weighted by molar-refractivity contribution is -0.137. The van der Waals surface area contributed by atoms with Crippen molar-refractivity contribution in [2.24, 2.45) is 17.8 Å². The number of ether oxygens (including phenoxy) is 3. The lowest BCUT2D eigenvalue weighted by Crippen LogP contribution is -2.40. The molecule has 1 heterocycles. The van der Waals surface area contributed by atoms with E-state index in [1.54, 1.807) is 13.0 Å². The highest BCUT2D eigenvalue weighted by Gasteiger charge is 2.58. The fourth-order valence-electron chi connectivity index (χ4n) is 6.19. The highest BCUT2D eigenvalue weighted by molar-refractivity contribution is 6.24. The van der Waals surface area contributed by atoms with Crippen LogP contribution in [0.1, 0.15) is 31.2 Å². The van der Waals surface area contributed by atoms with Crippen molar-refractivity contribution in [3.63, 3.8) is 0 Å². The van der Waals surface area contributed by atoms with Gasteiger partial charge in [-0.25, -0.2) is 4.79 Å². The van der Waals surface area contributed by atoms with Crippen LogP contribution >= 0.6 is 0 Å². The first-order valence-corrected chi connectivity index (χ1v) is 11.7. The average molecular weight is 507 g/mol. The Morgan fingerprint density at radius 1 is 1.00 bits per heavy atom. The summed E-state index contributed by atoms with van der Waals surface area (Å²) >= 11 is 0. The number of carbonyl (C=O) groups is 5. The van der Waals surface area contributed by atoms with E-state index in [0.717, 1.165) is 7.11 Å². The Bertz CT molecular complexity index is 1360. The quantitative estimate of drug-likeness (QED) is 0.372. The lowest BCUT2D eigenvalue weighted by Gasteiger charge is -2.42. The molecule has 10 heteroatoms. The van der Waals surface area contributed by atoms with Crippen molar-refractivity contribution in [1.82, 2.24) is 4.90 Å². The number of methoxy groups -OCH3 is 3. The van der Waals surface area contributed by atoms with E-state index < -0.39 is 41.6 Å². The van der Waals surface area contributed by atoms with Crippen LogP contribution in [-0.2, 0) is 23.9 Å². The number of hydrogen-bond acceptors (Lipinski definition) is 9. The van der Waals surface area contributed by atoms with Crippen molar-refractivity contribution in [2.75, 3.05) is 21.3 Å². The van der Waals surface area contributed by atoms with Crippen molar-refractivity contribution in [3.8, 4) is 17.2 Å². The van der Waals surface area contributed by atoms with Crippen molar-refractivity contribution in [1.29, 1.82) is 0 Å². The summed E-state index contributed by atoms with van der Waals surface area (Å²) in [5.74, 6) is -4.84. The number of amides is 3.